The third-order valence-corrected chi connectivity index (χ3v) is 5.67. The summed E-state index contributed by atoms with van der Waals surface area (Å²) in [7, 11) is 0. The summed E-state index contributed by atoms with van der Waals surface area (Å²) in [4.78, 5) is 2.79. The summed E-state index contributed by atoms with van der Waals surface area (Å²) in [6, 6.07) is 1.98. The number of morpholine rings is 1. The number of nitrogens with one attached hydrogen (secondary N) is 1. The molecule has 1 saturated carbocycles. The van der Waals surface area contributed by atoms with E-state index in [1.54, 1.807) is 0 Å². The zero-order chi connectivity index (χ0) is 15.4. The number of hydrogen-bond donors (Lipinski definition) is 1. The molecule has 1 saturated heterocycles. The highest BCUT2D eigenvalue weighted by atomic mass is 16.5. The standard InChI is InChI=1S/C18H36N2O/c1-6-16-12-21-14(5)11-20(16)18-10-15(13(3)4)8-9-17(18)19-7-2/h13-19H,6-12H2,1-5H3. The first-order chi connectivity index (χ1) is 10.1. The highest BCUT2D eigenvalue weighted by Crippen LogP contribution is 2.35. The fraction of sp³-hybridized carbons (Fsp3) is 1.00. The molecule has 0 spiro atoms. The average molecular weight is 296 g/mol. The van der Waals surface area contributed by atoms with E-state index in [0.717, 1.165) is 31.5 Å². The Kier molecular flexibility index (Phi) is 6.51. The Morgan fingerprint density at radius 3 is 2.62 bits per heavy atom. The highest BCUT2D eigenvalue weighted by Gasteiger charge is 2.39. The van der Waals surface area contributed by atoms with E-state index in [1.165, 1.54) is 25.7 Å². The maximum absolute atomic E-state index is 5.91. The summed E-state index contributed by atoms with van der Waals surface area (Å²) < 4.78 is 5.91. The number of hydrogen-bond acceptors (Lipinski definition) is 3. The van der Waals surface area contributed by atoms with Gasteiger partial charge in [0, 0.05) is 24.7 Å². The van der Waals surface area contributed by atoms with Crippen LogP contribution in [0.3, 0.4) is 0 Å². The first-order valence-electron chi connectivity index (χ1n) is 9.17. The Hall–Kier alpha value is -0.120. The fourth-order valence-corrected chi connectivity index (χ4v) is 4.28. The lowest BCUT2D eigenvalue weighted by molar-refractivity contribution is -0.0873. The lowest BCUT2D eigenvalue weighted by Crippen LogP contribution is -2.61. The van der Waals surface area contributed by atoms with Crippen LogP contribution < -0.4 is 5.32 Å². The fourth-order valence-electron chi connectivity index (χ4n) is 4.28. The van der Waals surface area contributed by atoms with Gasteiger partial charge in [-0.25, -0.2) is 0 Å². The molecule has 3 heteroatoms. The van der Waals surface area contributed by atoms with Crippen molar-refractivity contribution >= 4 is 0 Å². The largest absolute Gasteiger partial charge is 0.376 e. The van der Waals surface area contributed by atoms with Crippen LogP contribution in [-0.2, 0) is 4.74 Å². The van der Waals surface area contributed by atoms with E-state index in [1.807, 2.05) is 0 Å². The van der Waals surface area contributed by atoms with Gasteiger partial charge < -0.3 is 10.1 Å². The summed E-state index contributed by atoms with van der Waals surface area (Å²) in [6.45, 7) is 14.7. The van der Waals surface area contributed by atoms with E-state index in [-0.39, 0.29) is 0 Å². The second-order valence-corrected chi connectivity index (χ2v) is 7.45. The first-order valence-corrected chi connectivity index (χ1v) is 9.17. The van der Waals surface area contributed by atoms with Crippen molar-refractivity contribution in [1.29, 1.82) is 0 Å². The molecule has 1 aliphatic carbocycles. The van der Waals surface area contributed by atoms with Crippen molar-refractivity contribution in [3.8, 4) is 0 Å². The Morgan fingerprint density at radius 2 is 2.00 bits per heavy atom. The molecule has 124 valence electrons. The molecule has 0 aromatic heterocycles. The van der Waals surface area contributed by atoms with Crippen molar-refractivity contribution in [3.63, 3.8) is 0 Å². The zero-order valence-corrected chi connectivity index (χ0v) is 14.8. The molecular weight excluding hydrogens is 260 g/mol. The predicted octanol–water partition coefficient (Wildman–Crippen LogP) is 3.29. The van der Waals surface area contributed by atoms with Crippen molar-refractivity contribution in [2.24, 2.45) is 11.8 Å². The van der Waals surface area contributed by atoms with Crippen LogP contribution in [0.15, 0.2) is 0 Å². The van der Waals surface area contributed by atoms with Gasteiger partial charge >= 0.3 is 0 Å². The Labute approximate surface area is 131 Å². The van der Waals surface area contributed by atoms with Crippen LogP contribution in [0.4, 0.5) is 0 Å². The van der Waals surface area contributed by atoms with Crippen molar-refractivity contribution in [1.82, 2.24) is 10.2 Å². The number of rotatable bonds is 5. The molecule has 1 N–H and O–H groups in total. The molecule has 3 nitrogen and oxygen atoms in total. The van der Waals surface area contributed by atoms with Crippen LogP contribution in [0.5, 0.6) is 0 Å². The quantitative estimate of drug-likeness (QED) is 0.842. The molecule has 2 rings (SSSR count). The molecule has 0 amide bonds. The third-order valence-electron chi connectivity index (χ3n) is 5.67. The smallest absolute Gasteiger partial charge is 0.0674 e. The van der Waals surface area contributed by atoms with Crippen LogP contribution in [0.2, 0.25) is 0 Å². The number of ether oxygens (including phenoxy) is 1. The molecule has 5 atom stereocenters. The molecule has 0 radical (unpaired) electrons. The van der Waals surface area contributed by atoms with E-state index in [4.69, 9.17) is 4.74 Å². The van der Waals surface area contributed by atoms with E-state index in [0.29, 0.717) is 24.2 Å². The van der Waals surface area contributed by atoms with Gasteiger partial charge in [0.05, 0.1) is 12.7 Å². The van der Waals surface area contributed by atoms with Crippen molar-refractivity contribution < 1.29 is 4.74 Å². The molecule has 5 unspecified atom stereocenters. The summed E-state index contributed by atoms with van der Waals surface area (Å²) in [5.74, 6) is 1.70. The lowest BCUT2D eigenvalue weighted by Gasteiger charge is -2.49. The van der Waals surface area contributed by atoms with E-state index >= 15 is 0 Å². The molecule has 2 aliphatic rings. The molecule has 0 aromatic rings. The van der Waals surface area contributed by atoms with Crippen LogP contribution >= 0.6 is 0 Å². The molecule has 21 heavy (non-hydrogen) atoms. The van der Waals surface area contributed by atoms with Crippen molar-refractivity contribution in [2.75, 3.05) is 19.7 Å². The van der Waals surface area contributed by atoms with Gasteiger partial charge in [0.25, 0.3) is 0 Å². The van der Waals surface area contributed by atoms with Crippen LogP contribution in [0.25, 0.3) is 0 Å². The SMILES string of the molecule is CCNC1CCC(C(C)C)CC1N1CC(C)OCC1CC. The second-order valence-electron chi connectivity index (χ2n) is 7.45. The minimum Gasteiger partial charge on any atom is -0.376 e. The Bertz CT molecular complexity index is 308. The van der Waals surface area contributed by atoms with Gasteiger partial charge in [-0.15, -0.1) is 0 Å². The highest BCUT2D eigenvalue weighted by molar-refractivity contribution is 4.95. The monoisotopic (exact) mass is 296 g/mol. The van der Waals surface area contributed by atoms with Crippen LogP contribution in [-0.4, -0.2) is 48.8 Å². The minimum atomic E-state index is 0.384. The van der Waals surface area contributed by atoms with Crippen molar-refractivity contribution in [3.05, 3.63) is 0 Å². The first kappa shape index (κ1) is 17.2. The molecule has 0 aromatic carbocycles. The van der Waals surface area contributed by atoms with Gasteiger partial charge in [-0.3, -0.25) is 4.90 Å². The zero-order valence-electron chi connectivity index (χ0n) is 14.8. The van der Waals surface area contributed by atoms with Gasteiger partial charge in [0.15, 0.2) is 0 Å². The second kappa shape index (κ2) is 7.94. The van der Waals surface area contributed by atoms with Gasteiger partial charge in [-0.1, -0.05) is 27.7 Å². The third kappa shape index (κ3) is 4.20. The summed E-state index contributed by atoms with van der Waals surface area (Å²) in [5.41, 5.74) is 0. The van der Waals surface area contributed by atoms with Crippen LogP contribution in [0, 0.1) is 11.8 Å². The van der Waals surface area contributed by atoms with Crippen molar-refractivity contribution in [2.45, 2.75) is 84.5 Å². The molecular formula is C18H36N2O. The average Bonchev–Trinajstić information content (AvgIpc) is 2.47. The Balaban J connectivity index is 2.12. The maximum atomic E-state index is 5.91. The summed E-state index contributed by atoms with van der Waals surface area (Å²) in [6.07, 6.45) is 5.67. The lowest BCUT2D eigenvalue weighted by atomic mass is 9.75. The van der Waals surface area contributed by atoms with E-state index < -0.39 is 0 Å². The number of nitrogens with zero attached hydrogens (tertiary/aromatic N) is 1. The molecule has 0 bridgehead atoms. The van der Waals surface area contributed by atoms with E-state index in [2.05, 4.69) is 44.8 Å². The van der Waals surface area contributed by atoms with E-state index in [9.17, 15) is 0 Å². The van der Waals surface area contributed by atoms with Gasteiger partial charge in [-0.2, -0.15) is 0 Å². The summed E-state index contributed by atoms with van der Waals surface area (Å²) in [5, 5.41) is 3.77. The Morgan fingerprint density at radius 1 is 1.24 bits per heavy atom. The predicted molar refractivity (Wildman–Crippen MR) is 89.6 cm³/mol. The molecule has 2 fully saturated rings. The van der Waals surface area contributed by atoms with Gasteiger partial charge in [0.2, 0.25) is 0 Å². The molecule has 1 heterocycles. The summed E-state index contributed by atoms with van der Waals surface area (Å²) >= 11 is 0. The van der Waals surface area contributed by atoms with Crippen LogP contribution in [0.1, 0.15) is 60.3 Å². The molecule has 1 aliphatic heterocycles. The van der Waals surface area contributed by atoms with Gasteiger partial charge in [-0.05, 0) is 51.0 Å². The number of likely N-dealkylation sites (N-methyl/N-ethyl adjacent to an activating group) is 1. The maximum Gasteiger partial charge on any atom is 0.0674 e. The minimum absolute atomic E-state index is 0.384. The normalized spacial score (nSPS) is 38.9. The topological polar surface area (TPSA) is 24.5 Å². The van der Waals surface area contributed by atoms with Gasteiger partial charge in [0.1, 0.15) is 0 Å².